The van der Waals surface area contributed by atoms with Gasteiger partial charge in [0, 0.05) is 0 Å². The van der Waals surface area contributed by atoms with Crippen LogP contribution < -0.4 is 15.9 Å². The van der Waals surface area contributed by atoms with Crippen LogP contribution in [0.15, 0.2) is 103 Å². The van der Waals surface area contributed by atoms with Gasteiger partial charge in [-0.25, -0.2) is 0 Å². The van der Waals surface area contributed by atoms with Gasteiger partial charge in [0.05, 0.1) is 0 Å². The number of hydrogen-bond acceptors (Lipinski definition) is 1. The molecule has 126 valence electrons. The Morgan fingerprint density at radius 2 is 1.12 bits per heavy atom. The topological polar surface area (TPSA) is 20.2 Å². The van der Waals surface area contributed by atoms with Crippen LogP contribution in [0.4, 0.5) is 0 Å². The summed E-state index contributed by atoms with van der Waals surface area (Å²) in [5.74, 6) is 4.82. The van der Waals surface area contributed by atoms with Crippen LogP contribution in [-0.4, -0.2) is 20.1 Å². The summed E-state index contributed by atoms with van der Waals surface area (Å²) in [7, 11) is -2.04. The van der Waals surface area contributed by atoms with Gasteiger partial charge in [0.25, 0.3) is 0 Å². The number of aliphatic hydroxyl groups excluding tert-OH is 1. The van der Waals surface area contributed by atoms with Gasteiger partial charge in [0.1, 0.15) is 0 Å². The maximum atomic E-state index is 10.7. The molecule has 0 aliphatic rings. The predicted molar refractivity (Wildman–Crippen MR) is 112 cm³/mol. The molecule has 0 amide bonds. The SMILES string of the molecule is C[Se]C/C(O)=C/[P+](c1ccccc1)(c1ccccc1)c1ccccc1. The molecule has 0 saturated heterocycles. The summed E-state index contributed by atoms with van der Waals surface area (Å²) in [5, 5.41) is 15.2. The minimum atomic E-state index is -2.04. The van der Waals surface area contributed by atoms with Crippen molar-refractivity contribution in [1.29, 1.82) is 0 Å². The molecular weight excluding hydrogens is 390 g/mol. The molecule has 0 spiro atoms. The van der Waals surface area contributed by atoms with E-state index < -0.39 is 7.26 Å². The molecule has 0 atom stereocenters. The first-order valence-corrected chi connectivity index (χ1v) is 13.0. The summed E-state index contributed by atoms with van der Waals surface area (Å²) < 4.78 is 0. The van der Waals surface area contributed by atoms with Gasteiger partial charge in [-0.1, -0.05) is 0 Å². The Morgan fingerprint density at radius 3 is 1.44 bits per heavy atom. The third kappa shape index (κ3) is 3.88. The molecule has 1 N–H and O–H groups in total. The third-order valence-electron chi connectivity index (χ3n) is 4.13. The van der Waals surface area contributed by atoms with Crippen LogP contribution in [0.3, 0.4) is 0 Å². The quantitative estimate of drug-likeness (QED) is 0.358. The molecule has 0 aliphatic carbocycles. The van der Waals surface area contributed by atoms with E-state index in [0.717, 1.165) is 5.32 Å². The van der Waals surface area contributed by atoms with Gasteiger partial charge in [-0.15, -0.1) is 0 Å². The van der Waals surface area contributed by atoms with E-state index in [9.17, 15) is 5.11 Å². The fourth-order valence-electron chi connectivity index (χ4n) is 3.07. The summed E-state index contributed by atoms with van der Waals surface area (Å²) in [6.07, 6.45) is 0. The second-order valence-electron chi connectivity index (χ2n) is 5.78. The van der Waals surface area contributed by atoms with Crippen LogP contribution in [0.5, 0.6) is 0 Å². The molecule has 0 radical (unpaired) electrons. The van der Waals surface area contributed by atoms with Crippen molar-refractivity contribution in [1.82, 2.24) is 0 Å². The fourth-order valence-corrected chi connectivity index (χ4v) is 7.95. The molecule has 25 heavy (non-hydrogen) atoms. The second-order valence-corrected chi connectivity index (χ2v) is 10.9. The molecule has 3 aromatic carbocycles. The van der Waals surface area contributed by atoms with E-state index in [1.54, 1.807) is 0 Å². The zero-order valence-electron chi connectivity index (χ0n) is 14.2. The van der Waals surface area contributed by atoms with Crippen molar-refractivity contribution >= 4 is 38.1 Å². The molecule has 0 bridgehead atoms. The van der Waals surface area contributed by atoms with Gasteiger partial charge in [0.15, 0.2) is 0 Å². The molecule has 3 rings (SSSR count). The zero-order valence-corrected chi connectivity index (χ0v) is 16.9. The number of rotatable bonds is 6. The number of allylic oxidation sites excluding steroid dienone is 1. The van der Waals surface area contributed by atoms with Crippen molar-refractivity contribution in [2.45, 2.75) is 11.1 Å². The molecule has 0 unspecified atom stereocenters. The van der Waals surface area contributed by atoms with Gasteiger partial charge in [-0.2, -0.15) is 0 Å². The van der Waals surface area contributed by atoms with Gasteiger partial charge in [-0.3, -0.25) is 0 Å². The van der Waals surface area contributed by atoms with Gasteiger partial charge < -0.3 is 0 Å². The van der Waals surface area contributed by atoms with E-state index in [1.807, 2.05) is 18.2 Å². The van der Waals surface area contributed by atoms with Crippen molar-refractivity contribution in [2.75, 3.05) is 0 Å². The van der Waals surface area contributed by atoms with Crippen molar-refractivity contribution in [3.8, 4) is 0 Å². The van der Waals surface area contributed by atoms with Crippen LogP contribution in [0.25, 0.3) is 0 Å². The van der Waals surface area contributed by atoms with Crippen LogP contribution in [-0.2, 0) is 0 Å². The summed E-state index contributed by atoms with van der Waals surface area (Å²) in [6, 6.07) is 31.8. The first kappa shape index (κ1) is 18.0. The Kier molecular flexibility index (Phi) is 6.10. The Morgan fingerprint density at radius 1 is 0.760 bits per heavy atom. The first-order valence-electron chi connectivity index (χ1n) is 8.22. The van der Waals surface area contributed by atoms with Crippen molar-refractivity contribution < 1.29 is 5.11 Å². The van der Waals surface area contributed by atoms with Crippen LogP contribution in [0.2, 0.25) is 11.1 Å². The van der Waals surface area contributed by atoms with Crippen molar-refractivity contribution in [3.05, 3.63) is 103 Å². The van der Waals surface area contributed by atoms with E-state index in [1.165, 1.54) is 15.9 Å². The van der Waals surface area contributed by atoms with E-state index in [-0.39, 0.29) is 0 Å². The number of hydrogen-bond donors (Lipinski definition) is 1. The average molecular weight is 412 g/mol. The second kappa shape index (κ2) is 8.50. The summed E-state index contributed by atoms with van der Waals surface area (Å²) in [4.78, 5) is 0. The number of benzene rings is 3. The summed E-state index contributed by atoms with van der Waals surface area (Å²) >= 11 is 0.403. The Bertz CT molecular complexity index is 720. The zero-order chi connectivity index (χ0) is 17.5. The first-order chi connectivity index (χ1) is 12.3. The van der Waals surface area contributed by atoms with Crippen LogP contribution >= 0.6 is 7.26 Å². The van der Waals surface area contributed by atoms with E-state index in [4.69, 9.17) is 0 Å². The average Bonchev–Trinajstić information content (AvgIpc) is 2.68. The molecule has 0 fully saturated rings. The normalized spacial score (nSPS) is 12.1. The minimum absolute atomic E-state index is 0.403. The molecular formula is C22H22OPSe+. The molecule has 0 heterocycles. The van der Waals surface area contributed by atoms with Gasteiger partial charge in [-0.05, 0) is 0 Å². The Hall–Kier alpha value is -1.85. The standard InChI is InChI=1S/C22H21OPSe/c1-25-18-19(23)17-24(20-11-5-2-6-12-20,21-13-7-3-8-14-21)22-15-9-4-10-16-22/h2-17H,18H2,1H3/p+1/b19-17-. The Balaban J connectivity index is 2.34. The van der Waals surface area contributed by atoms with Crippen molar-refractivity contribution in [2.24, 2.45) is 0 Å². The van der Waals surface area contributed by atoms with Crippen LogP contribution in [0.1, 0.15) is 0 Å². The fraction of sp³-hybridized carbons (Fsp3) is 0.0909. The summed E-state index contributed by atoms with van der Waals surface area (Å²) in [5.41, 5.74) is 0. The molecule has 3 heteroatoms. The van der Waals surface area contributed by atoms with E-state index in [2.05, 4.69) is 84.4 Å². The molecule has 0 aromatic heterocycles. The number of aliphatic hydroxyl groups is 1. The summed E-state index contributed by atoms with van der Waals surface area (Å²) in [6.45, 7) is 0. The molecule has 0 aliphatic heterocycles. The van der Waals surface area contributed by atoms with Crippen molar-refractivity contribution in [3.63, 3.8) is 0 Å². The predicted octanol–water partition coefficient (Wildman–Crippen LogP) is 4.55. The maximum absolute atomic E-state index is 10.7. The molecule has 0 saturated carbocycles. The van der Waals surface area contributed by atoms with E-state index >= 15 is 0 Å². The monoisotopic (exact) mass is 413 g/mol. The van der Waals surface area contributed by atoms with Crippen LogP contribution in [0, 0.1) is 0 Å². The molecule has 3 aromatic rings. The van der Waals surface area contributed by atoms with Gasteiger partial charge >= 0.3 is 157 Å². The van der Waals surface area contributed by atoms with E-state index in [0.29, 0.717) is 20.7 Å². The Labute approximate surface area is 156 Å². The van der Waals surface area contributed by atoms with Gasteiger partial charge in [0.2, 0.25) is 0 Å². The molecule has 1 nitrogen and oxygen atoms in total. The third-order valence-corrected chi connectivity index (χ3v) is 9.37.